The Morgan fingerprint density at radius 3 is 2.22 bits per heavy atom. The van der Waals surface area contributed by atoms with Crippen molar-refractivity contribution >= 4 is 16.6 Å². The number of aromatic nitrogens is 2. The van der Waals surface area contributed by atoms with Crippen molar-refractivity contribution in [2.75, 3.05) is 13.2 Å². The lowest BCUT2D eigenvalue weighted by molar-refractivity contribution is 0.177. The van der Waals surface area contributed by atoms with E-state index < -0.39 is 16.6 Å². The zero-order valence-corrected chi connectivity index (χ0v) is 26.6. The molecule has 1 aliphatic heterocycles. The molecule has 0 saturated carbocycles. The standard InChI is InChI=1S/C29H51N3O2Si2/c1-28(2,3)35(7,8)33-17-16-24-18-25(31-30-24)19-26-20-27(34-36(9,10)29(4,5)6)22-32(26)21-23-14-12-11-13-15-23/h11-15,18,26-27H,16-17,19-22H2,1-10H3,(H,30,31). The molecular weight excluding hydrogens is 479 g/mol. The number of hydrogen-bond acceptors (Lipinski definition) is 4. The molecule has 0 radical (unpaired) electrons. The fourth-order valence-electron chi connectivity index (χ4n) is 4.36. The topological polar surface area (TPSA) is 50.4 Å². The molecule has 2 heterocycles. The largest absolute Gasteiger partial charge is 0.416 e. The molecule has 0 aliphatic carbocycles. The van der Waals surface area contributed by atoms with Gasteiger partial charge >= 0.3 is 0 Å². The molecule has 1 N–H and O–H groups in total. The van der Waals surface area contributed by atoms with Gasteiger partial charge < -0.3 is 8.85 Å². The van der Waals surface area contributed by atoms with E-state index in [0.29, 0.717) is 6.04 Å². The van der Waals surface area contributed by atoms with Gasteiger partial charge in [0.25, 0.3) is 0 Å². The van der Waals surface area contributed by atoms with E-state index in [9.17, 15) is 0 Å². The normalized spacial score (nSPS) is 20.3. The van der Waals surface area contributed by atoms with Gasteiger partial charge in [-0.05, 0) is 54.3 Å². The highest BCUT2D eigenvalue weighted by atomic mass is 28.4. The Bertz CT molecular complexity index is 961. The molecule has 3 rings (SSSR count). The summed E-state index contributed by atoms with van der Waals surface area (Å²) in [4.78, 5) is 2.61. The van der Waals surface area contributed by atoms with Crippen LogP contribution in [0.25, 0.3) is 0 Å². The Hall–Kier alpha value is -1.26. The molecule has 1 aliphatic rings. The summed E-state index contributed by atoms with van der Waals surface area (Å²) in [5.74, 6) is 0. The van der Waals surface area contributed by atoms with Crippen LogP contribution < -0.4 is 0 Å². The molecule has 2 atom stereocenters. The second kappa shape index (κ2) is 11.2. The van der Waals surface area contributed by atoms with Crippen molar-refractivity contribution in [2.45, 2.75) is 116 Å². The van der Waals surface area contributed by atoms with Gasteiger partial charge in [-0.25, -0.2) is 0 Å². The minimum Gasteiger partial charge on any atom is -0.416 e. The molecule has 5 nitrogen and oxygen atoms in total. The lowest BCUT2D eigenvalue weighted by Gasteiger charge is -2.38. The third-order valence-electron chi connectivity index (χ3n) is 8.75. The van der Waals surface area contributed by atoms with Gasteiger partial charge in [-0.2, -0.15) is 5.10 Å². The zero-order valence-electron chi connectivity index (χ0n) is 24.6. The first kappa shape index (κ1) is 29.3. The summed E-state index contributed by atoms with van der Waals surface area (Å²) in [7, 11) is -3.53. The molecule has 7 heteroatoms. The van der Waals surface area contributed by atoms with Crippen molar-refractivity contribution in [1.29, 1.82) is 0 Å². The second-order valence-electron chi connectivity index (χ2n) is 13.8. The van der Waals surface area contributed by atoms with Crippen LogP contribution in [0.5, 0.6) is 0 Å². The summed E-state index contributed by atoms with van der Waals surface area (Å²) >= 11 is 0. The van der Waals surface area contributed by atoms with Crippen LogP contribution in [0.3, 0.4) is 0 Å². The first-order valence-electron chi connectivity index (χ1n) is 13.7. The smallest absolute Gasteiger partial charge is 0.192 e. The summed E-state index contributed by atoms with van der Waals surface area (Å²) in [5.41, 5.74) is 3.68. The van der Waals surface area contributed by atoms with Crippen molar-refractivity contribution in [2.24, 2.45) is 0 Å². The third kappa shape index (κ3) is 7.63. The highest BCUT2D eigenvalue weighted by Crippen LogP contribution is 2.39. The zero-order chi connectivity index (χ0) is 26.8. The number of rotatable bonds is 10. The van der Waals surface area contributed by atoms with E-state index in [1.807, 2.05) is 0 Å². The van der Waals surface area contributed by atoms with Crippen LogP contribution in [0.4, 0.5) is 0 Å². The lowest BCUT2D eigenvalue weighted by atomic mass is 10.1. The molecule has 0 bridgehead atoms. The predicted molar refractivity (Wildman–Crippen MR) is 156 cm³/mol. The van der Waals surface area contributed by atoms with E-state index in [2.05, 4.69) is 114 Å². The fourth-order valence-corrected chi connectivity index (χ4v) is 6.76. The SMILES string of the molecule is CC(C)(C)[Si](C)(C)OCCc1cc(CC2CC(O[Si](C)(C)C(C)(C)C)CN2Cc2ccccc2)n[nH]1. The maximum atomic E-state index is 6.87. The van der Waals surface area contributed by atoms with Gasteiger partial charge in [-0.3, -0.25) is 10.00 Å². The van der Waals surface area contributed by atoms with Crippen molar-refractivity contribution in [3.05, 3.63) is 53.3 Å². The Labute approximate surface area is 222 Å². The molecule has 0 spiro atoms. The molecule has 202 valence electrons. The number of H-pyrrole nitrogens is 1. The first-order chi connectivity index (χ1) is 16.6. The summed E-state index contributed by atoms with van der Waals surface area (Å²) in [6.07, 6.45) is 3.19. The number of nitrogens with one attached hydrogen (secondary N) is 1. The minimum atomic E-state index is -1.81. The minimum absolute atomic E-state index is 0.221. The van der Waals surface area contributed by atoms with Gasteiger partial charge in [-0.15, -0.1) is 0 Å². The van der Waals surface area contributed by atoms with Gasteiger partial charge in [0.2, 0.25) is 0 Å². The summed E-state index contributed by atoms with van der Waals surface area (Å²) in [5, 5.41) is 8.43. The summed E-state index contributed by atoms with van der Waals surface area (Å²) < 4.78 is 13.3. The van der Waals surface area contributed by atoms with Crippen LogP contribution in [-0.4, -0.2) is 57.0 Å². The van der Waals surface area contributed by atoms with Crippen molar-refractivity contribution in [3.8, 4) is 0 Å². The van der Waals surface area contributed by atoms with E-state index in [4.69, 9.17) is 14.0 Å². The van der Waals surface area contributed by atoms with Crippen molar-refractivity contribution < 1.29 is 8.85 Å². The van der Waals surface area contributed by atoms with Gasteiger partial charge in [-0.1, -0.05) is 71.9 Å². The molecule has 1 saturated heterocycles. The van der Waals surface area contributed by atoms with Crippen LogP contribution in [0.2, 0.25) is 36.3 Å². The third-order valence-corrected chi connectivity index (χ3v) is 17.8. The molecular formula is C29H51N3O2Si2. The lowest BCUT2D eigenvalue weighted by Crippen LogP contribution is -2.44. The fraction of sp³-hybridized carbons (Fsp3) is 0.690. The Kier molecular flexibility index (Phi) is 9.15. The number of aromatic amines is 1. The van der Waals surface area contributed by atoms with E-state index in [1.54, 1.807) is 0 Å². The molecule has 1 aromatic carbocycles. The number of benzene rings is 1. The number of hydrogen-bond donors (Lipinski definition) is 1. The number of likely N-dealkylation sites (tertiary alicyclic amines) is 1. The van der Waals surface area contributed by atoms with Gasteiger partial charge in [0.1, 0.15) is 0 Å². The first-order valence-corrected chi connectivity index (χ1v) is 19.5. The highest BCUT2D eigenvalue weighted by Gasteiger charge is 2.42. The van der Waals surface area contributed by atoms with Gasteiger partial charge in [0.05, 0.1) is 11.8 Å². The summed E-state index contributed by atoms with van der Waals surface area (Å²) in [6, 6.07) is 13.5. The monoisotopic (exact) mass is 529 g/mol. The highest BCUT2D eigenvalue weighted by molar-refractivity contribution is 6.74. The quantitative estimate of drug-likeness (QED) is 0.331. The summed E-state index contributed by atoms with van der Waals surface area (Å²) in [6.45, 7) is 25.9. The molecule has 1 aromatic heterocycles. The molecule has 0 amide bonds. The van der Waals surface area contributed by atoms with E-state index in [-0.39, 0.29) is 16.2 Å². The van der Waals surface area contributed by atoms with Crippen LogP contribution in [0.15, 0.2) is 36.4 Å². The van der Waals surface area contributed by atoms with Crippen LogP contribution in [0, 0.1) is 0 Å². The number of nitrogens with zero attached hydrogens (tertiary/aromatic N) is 2. The van der Waals surface area contributed by atoms with Crippen molar-refractivity contribution in [1.82, 2.24) is 15.1 Å². The second-order valence-corrected chi connectivity index (χ2v) is 23.3. The predicted octanol–water partition coefficient (Wildman–Crippen LogP) is 7.18. The van der Waals surface area contributed by atoms with Crippen LogP contribution in [0.1, 0.15) is 64.9 Å². The Morgan fingerprint density at radius 2 is 1.61 bits per heavy atom. The van der Waals surface area contributed by atoms with Crippen molar-refractivity contribution in [3.63, 3.8) is 0 Å². The Morgan fingerprint density at radius 1 is 0.972 bits per heavy atom. The van der Waals surface area contributed by atoms with Gasteiger partial charge in [0, 0.05) is 44.3 Å². The maximum absolute atomic E-state index is 6.87. The van der Waals surface area contributed by atoms with Crippen LogP contribution in [-0.2, 0) is 28.2 Å². The van der Waals surface area contributed by atoms with E-state index in [1.165, 1.54) is 11.3 Å². The average Bonchev–Trinajstić information content (AvgIpc) is 3.33. The maximum Gasteiger partial charge on any atom is 0.192 e. The molecule has 36 heavy (non-hydrogen) atoms. The molecule has 2 aromatic rings. The average molecular weight is 530 g/mol. The molecule has 1 fully saturated rings. The van der Waals surface area contributed by atoms with Gasteiger partial charge in [0.15, 0.2) is 16.6 Å². The molecule has 2 unspecified atom stereocenters. The van der Waals surface area contributed by atoms with Crippen LogP contribution >= 0.6 is 0 Å². The Balaban J connectivity index is 1.65. The van der Waals surface area contributed by atoms with E-state index >= 15 is 0 Å². The van der Waals surface area contributed by atoms with E-state index in [0.717, 1.165) is 44.7 Å².